The molecule has 7 heteroatoms. The summed E-state index contributed by atoms with van der Waals surface area (Å²) in [6.07, 6.45) is 1.40. The van der Waals surface area contributed by atoms with Gasteiger partial charge in [-0.15, -0.1) is 0 Å². The molecule has 0 saturated heterocycles. The molecule has 4 rings (SSSR count). The lowest BCUT2D eigenvalue weighted by molar-refractivity contribution is 0.340. The van der Waals surface area contributed by atoms with Crippen LogP contribution in [0.5, 0.6) is 5.75 Å². The van der Waals surface area contributed by atoms with Crippen molar-refractivity contribution in [2.75, 3.05) is 6.61 Å². The highest BCUT2D eigenvalue weighted by Gasteiger charge is 2.24. The summed E-state index contributed by atoms with van der Waals surface area (Å²) in [5.74, 6) is 0.261. The van der Waals surface area contributed by atoms with Crippen molar-refractivity contribution < 1.29 is 17.5 Å². The smallest absolute Gasteiger partial charge is 0.209 e. The number of rotatable bonds is 6. The summed E-state index contributed by atoms with van der Waals surface area (Å²) in [5.41, 5.74) is 1.69. The molecular formula is C24H20FNO3S2. The summed E-state index contributed by atoms with van der Waals surface area (Å²) in [6, 6.07) is 18.1. The fraction of sp³-hybridized carbons (Fsp3) is 0.125. The molecule has 1 heterocycles. The fourth-order valence-electron chi connectivity index (χ4n) is 3.19. The second-order valence-corrected chi connectivity index (χ2v) is 9.94. The van der Waals surface area contributed by atoms with E-state index in [1.165, 1.54) is 42.2 Å². The van der Waals surface area contributed by atoms with E-state index in [2.05, 4.69) is 4.98 Å². The van der Waals surface area contributed by atoms with Gasteiger partial charge in [-0.25, -0.2) is 12.8 Å². The summed E-state index contributed by atoms with van der Waals surface area (Å²) in [4.78, 5) is 5.97. The topological polar surface area (TPSA) is 56.3 Å². The number of halogens is 1. The Bertz CT molecular complexity index is 1340. The lowest BCUT2D eigenvalue weighted by atomic mass is 10.1. The Hall–Kier alpha value is -2.90. The van der Waals surface area contributed by atoms with Crippen LogP contribution in [0.4, 0.5) is 4.39 Å². The molecule has 158 valence electrons. The molecule has 0 aliphatic heterocycles. The van der Waals surface area contributed by atoms with Crippen LogP contribution in [0.3, 0.4) is 0 Å². The van der Waals surface area contributed by atoms with Crippen LogP contribution in [0.1, 0.15) is 12.5 Å². The minimum Gasteiger partial charge on any atom is -0.494 e. The summed E-state index contributed by atoms with van der Waals surface area (Å²) < 4.78 is 45.9. The Morgan fingerprint density at radius 1 is 1.00 bits per heavy atom. The SMILES string of the molecule is CCOc1ccc(S(=O)(=O)c2cnc3ccc(C)cc3c2Sc2ccc(F)cc2)cc1. The van der Waals surface area contributed by atoms with E-state index in [0.29, 0.717) is 22.8 Å². The van der Waals surface area contributed by atoms with Gasteiger partial charge in [0.25, 0.3) is 0 Å². The first-order valence-corrected chi connectivity index (χ1v) is 12.0. The van der Waals surface area contributed by atoms with Gasteiger partial charge in [0.15, 0.2) is 0 Å². The van der Waals surface area contributed by atoms with E-state index in [-0.39, 0.29) is 15.6 Å². The van der Waals surface area contributed by atoms with Crippen molar-refractivity contribution in [3.8, 4) is 5.75 Å². The molecule has 0 unspecified atom stereocenters. The molecule has 0 amide bonds. The average Bonchev–Trinajstić information content (AvgIpc) is 2.76. The molecule has 0 bridgehead atoms. The highest BCUT2D eigenvalue weighted by atomic mass is 32.2. The summed E-state index contributed by atoms with van der Waals surface area (Å²) in [7, 11) is -3.85. The van der Waals surface area contributed by atoms with E-state index in [9.17, 15) is 12.8 Å². The molecule has 4 nitrogen and oxygen atoms in total. The molecule has 0 fully saturated rings. The van der Waals surface area contributed by atoms with Gasteiger partial charge in [-0.2, -0.15) is 0 Å². The highest BCUT2D eigenvalue weighted by Crippen LogP contribution is 2.40. The first-order valence-electron chi connectivity index (χ1n) is 9.69. The molecule has 0 atom stereocenters. The van der Waals surface area contributed by atoms with Crippen molar-refractivity contribution in [2.24, 2.45) is 0 Å². The van der Waals surface area contributed by atoms with Crippen molar-refractivity contribution in [1.82, 2.24) is 4.98 Å². The number of aryl methyl sites for hydroxylation is 1. The fourth-order valence-corrected chi connectivity index (χ4v) is 5.87. The molecule has 3 aromatic carbocycles. The van der Waals surface area contributed by atoms with E-state index >= 15 is 0 Å². The van der Waals surface area contributed by atoms with E-state index < -0.39 is 9.84 Å². The number of nitrogens with zero attached hydrogens (tertiary/aromatic N) is 1. The van der Waals surface area contributed by atoms with Crippen LogP contribution in [0.2, 0.25) is 0 Å². The van der Waals surface area contributed by atoms with Crippen LogP contribution in [-0.2, 0) is 9.84 Å². The van der Waals surface area contributed by atoms with Crippen LogP contribution in [-0.4, -0.2) is 20.0 Å². The second-order valence-electron chi connectivity index (χ2n) is 6.94. The van der Waals surface area contributed by atoms with Gasteiger partial charge in [0.1, 0.15) is 16.5 Å². The summed E-state index contributed by atoms with van der Waals surface area (Å²) >= 11 is 1.28. The Morgan fingerprint density at radius 3 is 2.39 bits per heavy atom. The van der Waals surface area contributed by atoms with E-state index in [1.54, 1.807) is 24.3 Å². The van der Waals surface area contributed by atoms with E-state index in [1.807, 2.05) is 32.0 Å². The van der Waals surface area contributed by atoms with Gasteiger partial charge in [0.05, 0.1) is 17.0 Å². The Balaban J connectivity index is 1.89. The average molecular weight is 454 g/mol. The monoisotopic (exact) mass is 453 g/mol. The Morgan fingerprint density at radius 2 is 1.71 bits per heavy atom. The molecular weight excluding hydrogens is 433 g/mol. The molecule has 0 aliphatic rings. The van der Waals surface area contributed by atoms with Crippen molar-refractivity contribution in [1.29, 1.82) is 0 Å². The molecule has 4 aromatic rings. The van der Waals surface area contributed by atoms with Crippen LogP contribution in [0.25, 0.3) is 10.9 Å². The lowest BCUT2D eigenvalue weighted by Crippen LogP contribution is -2.05. The predicted molar refractivity (Wildman–Crippen MR) is 120 cm³/mol. The molecule has 0 radical (unpaired) electrons. The zero-order chi connectivity index (χ0) is 22.0. The normalized spacial score (nSPS) is 11.6. The number of sulfone groups is 1. The highest BCUT2D eigenvalue weighted by molar-refractivity contribution is 8.00. The summed E-state index contributed by atoms with van der Waals surface area (Å²) in [6.45, 7) is 4.31. The maximum atomic E-state index is 13.5. The van der Waals surface area contributed by atoms with E-state index in [4.69, 9.17) is 4.74 Å². The van der Waals surface area contributed by atoms with Crippen molar-refractivity contribution in [3.05, 3.63) is 84.3 Å². The number of ether oxygens (including phenoxy) is 1. The van der Waals surface area contributed by atoms with Crippen LogP contribution in [0.15, 0.2) is 92.5 Å². The van der Waals surface area contributed by atoms with Gasteiger partial charge in [0.2, 0.25) is 9.84 Å². The largest absolute Gasteiger partial charge is 0.494 e. The third kappa shape index (κ3) is 4.43. The molecule has 0 aliphatic carbocycles. The van der Waals surface area contributed by atoms with Gasteiger partial charge in [-0.1, -0.05) is 23.4 Å². The number of hydrogen-bond donors (Lipinski definition) is 0. The number of hydrogen-bond acceptors (Lipinski definition) is 5. The zero-order valence-electron chi connectivity index (χ0n) is 17.0. The maximum Gasteiger partial charge on any atom is 0.209 e. The molecule has 31 heavy (non-hydrogen) atoms. The third-order valence-corrected chi connectivity index (χ3v) is 7.77. The minimum absolute atomic E-state index is 0.115. The Kier molecular flexibility index (Phi) is 5.98. The van der Waals surface area contributed by atoms with Gasteiger partial charge in [-0.05, 0) is 74.5 Å². The quantitative estimate of drug-likeness (QED) is 0.355. The molecule has 0 N–H and O–H groups in total. The number of aromatic nitrogens is 1. The zero-order valence-corrected chi connectivity index (χ0v) is 18.6. The van der Waals surface area contributed by atoms with Gasteiger partial charge < -0.3 is 4.74 Å². The first-order chi connectivity index (χ1) is 14.9. The van der Waals surface area contributed by atoms with Crippen molar-refractivity contribution >= 4 is 32.5 Å². The van der Waals surface area contributed by atoms with Crippen LogP contribution < -0.4 is 4.74 Å². The molecule has 0 saturated carbocycles. The first kappa shape index (κ1) is 21.3. The number of benzene rings is 3. The third-order valence-electron chi connectivity index (χ3n) is 4.71. The standard InChI is InChI=1S/C24H20FNO3S2/c1-3-29-18-7-11-20(12-8-18)31(27,28)23-15-26-22-13-4-16(2)14-21(22)24(23)30-19-9-5-17(25)6-10-19/h4-15H,3H2,1-2H3. The molecule has 1 aromatic heterocycles. The number of pyridine rings is 1. The van der Waals surface area contributed by atoms with Gasteiger partial charge in [0, 0.05) is 21.4 Å². The van der Waals surface area contributed by atoms with Crippen LogP contribution in [0, 0.1) is 12.7 Å². The Labute approximate surface area is 185 Å². The van der Waals surface area contributed by atoms with Crippen molar-refractivity contribution in [2.45, 2.75) is 33.4 Å². The van der Waals surface area contributed by atoms with Crippen molar-refractivity contribution in [3.63, 3.8) is 0 Å². The van der Waals surface area contributed by atoms with Crippen LogP contribution >= 0.6 is 11.8 Å². The predicted octanol–water partition coefficient (Wildman–Crippen LogP) is 6.07. The van der Waals surface area contributed by atoms with Gasteiger partial charge in [-0.3, -0.25) is 4.98 Å². The summed E-state index contributed by atoms with van der Waals surface area (Å²) in [5, 5.41) is 0.737. The lowest BCUT2D eigenvalue weighted by Gasteiger charge is -2.14. The van der Waals surface area contributed by atoms with E-state index in [0.717, 1.165) is 15.8 Å². The second kappa shape index (κ2) is 8.69. The minimum atomic E-state index is -3.85. The molecule has 0 spiro atoms. The number of fused-ring (bicyclic) bond motifs is 1. The van der Waals surface area contributed by atoms with Gasteiger partial charge >= 0.3 is 0 Å². The maximum absolute atomic E-state index is 13.5.